The van der Waals surface area contributed by atoms with Crippen LogP contribution in [0.3, 0.4) is 0 Å². The van der Waals surface area contributed by atoms with E-state index >= 15 is 0 Å². The molecule has 110 valence electrons. The number of amides is 1. The molecule has 1 saturated heterocycles. The zero-order chi connectivity index (χ0) is 14.5. The second kappa shape index (κ2) is 6.86. The Balaban J connectivity index is 1.98. The van der Waals surface area contributed by atoms with E-state index in [9.17, 15) is 4.79 Å². The second-order valence-electron chi connectivity index (χ2n) is 5.74. The van der Waals surface area contributed by atoms with E-state index in [4.69, 9.17) is 0 Å². The fourth-order valence-corrected chi connectivity index (χ4v) is 2.64. The van der Waals surface area contributed by atoms with Crippen molar-refractivity contribution in [2.75, 3.05) is 27.2 Å². The number of carbonyl (C=O) groups is 1. The van der Waals surface area contributed by atoms with Gasteiger partial charge in [0.15, 0.2) is 0 Å². The summed E-state index contributed by atoms with van der Waals surface area (Å²) >= 11 is 0. The highest BCUT2D eigenvalue weighted by atomic mass is 16.2. The Kier molecular flexibility index (Phi) is 5.15. The third-order valence-corrected chi connectivity index (χ3v) is 3.74. The minimum absolute atomic E-state index is 0.0260. The van der Waals surface area contributed by atoms with Gasteiger partial charge in [-0.05, 0) is 46.0 Å². The lowest BCUT2D eigenvalue weighted by atomic mass is 10.1. The minimum Gasteiger partial charge on any atom is -0.322 e. The van der Waals surface area contributed by atoms with Gasteiger partial charge in [-0.2, -0.15) is 0 Å². The highest BCUT2D eigenvalue weighted by Gasteiger charge is 2.36. The maximum absolute atomic E-state index is 12.3. The Bertz CT molecular complexity index is 433. The average molecular weight is 275 g/mol. The first-order valence-corrected chi connectivity index (χ1v) is 7.36. The molecule has 2 unspecified atom stereocenters. The molecule has 1 heterocycles. The van der Waals surface area contributed by atoms with Crippen LogP contribution in [0.2, 0.25) is 0 Å². The predicted molar refractivity (Wildman–Crippen MR) is 81.3 cm³/mol. The van der Waals surface area contributed by atoms with Crippen LogP contribution in [0.4, 0.5) is 0 Å². The van der Waals surface area contributed by atoms with Gasteiger partial charge in [0.05, 0.1) is 6.04 Å². The van der Waals surface area contributed by atoms with Gasteiger partial charge in [0.1, 0.15) is 6.17 Å². The summed E-state index contributed by atoms with van der Waals surface area (Å²) in [6, 6.07) is 10.1. The number of hydrogen-bond acceptors (Lipinski definition) is 3. The minimum atomic E-state index is -0.0888. The first-order valence-electron chi connectivity index (χ1n) is 7.36. The zero-order valence-electron chi connectivity index (χ0n) is 12.7. The molecule has 1 aromatic carbocycles. The van der Waals surface area contributed by atoms with E-state index in [-0.39, 0.29) is 18.1 Å². The van der Waals surface area contributed by atoms with E-state index in [2.05, 4.69) is 36.4 Å². The monoisotopic (exact) mass is 275 g/mol. The summed E-state index contributed by atoms with van der Waals surface area (Å²) in [6.45, 7) is 3.84. The van der Waals surface area contributed by atoms with E-state index in [0.717, 1.165) is 31.5 Å². The third-order valence-electron chi connectivity index (χ3n) is 3.74. The largest absolute Gasteiger partial charge is 0.322 e. The number of hydrogen-bond donors (Lipinski definition) is 1. The summed E-state index contributed by atoms with van der Waals surface area (Å²) in [5, 5.41) is 3.39. The molecule has 4 nitrogen and oxygen atoms in total. The summed E-state index contributed by atoms with van der Waals surface area (Å²) in [6.07, 6.45) is 2.19. The van der Waals surface area contributed by atoms with Gasteiger partial charge < -0.3 is 9.80 Å². The van der Waals surface area contributed by atoms with Crippen LogP contribution in [0.5, 0.6) is 0 Å². The molecule has 4 heteroatoms. The van der Waals surface area contributed by atoms with Crippen LogP contribution in [0.1, 0.15) is 31.5 Å². The molecule has 1 aromatic rings. The number of carbonyl (C=O) groups excluding carboxylic acids is 1. The number of benzene rings is 1. The normalized spacial score (nSPS) is 22.8. The van der Waals surface area contributed by atoms with Crippen LogP contribution in [0.25, 0.3) is 0 Å². The van der Waals surface area contributed by atoms with Crippen molar-refractivity contribution in [3.63, 3.8) is 0 Å². The van der Waals surface area contributed by atoms with E-state index in [0.29, 0.717) is 0 Å². The number of rotatable bonds is 6. The van der Waals surface area contributed by atoms with Gasteiger partial charge in [-0.3, -0.25) is 10.1 Å². The second-order valence-corrected chi connectivity index (χ2v) is 5.74. The molecular formula is C16H25N3O. The van der Waals surface area contributed by atoms with Crippen molar-refractivity contribution in [1.29, 1.82) is 0 Å². The highest BCUT2D eigenvalue weighted by molar-refractivity contribution is 5.84. The molecule has 1 amide bonds. The van der Waals surface area contributed by atoms with Crippen LogP contribution < -0.4 is 5.32 Å². The van der Waals surface area contributed by atoms with Crippen LogP contribution >= 0.6 is 0 Å². The molecule has 1 N–H and O–H groups in total. The van der Waals surface area contributed by atoms with Crippen molar-refractivity contribution < 1.29 is 4.79 Å². The lowest BCUT2D eigenvalue weighted by Gasteiger charge is -2.24. The molecule has 1 aliphatic rings. The molecule has 0 saturated carbocycles. The summed E-state index contributed by atoms with van der Waals surface area (Å²) in [5.41, 5.74) is 1.16. The van der Waals surface area contributed by atoms with Gasteiger partial charge in [0.2, 0.25) is 5.91 Å². The Morgan fingerprint density at radius 1 is 1.20 bits per heavy atom. The van der Waals surface area contributed by atoms with Gasteiger partial charge in [-0.1, -0.05) is 30.3 Å². The molecule has 2 rings (SSSR count). The molecule has 2 atom stereocenters. The van der Waals surface area contributed by atoms with Crippen molar-refractivity contribution in [2.45, 2.75) is 32.0 Å². The van der Waals surface area contributed by atoms with Crippen LogP contribution in [0, 0.1) is 0 Å². The van der Waals surface area contributed by atoms with Crippen molar-refractivity contribution in [1.82, 2.24) is 15.1 Å². The lowest BCUT2D eigenvalue weighted by molar-refractivity contribution is -0.129. The summed E-state index contributed by atoms with van der Waals surface area (Å²) in [5.74, 6) is 0.212. The van der Waals surface area contributed by atoms with E-state index in [1.165, 1.54) is 0 Å². The molecule has 1 aliphatic heterocycles. The average Bonchev–Trinajstić information content (AvgIpc) is 2.72. The third kappa shape index (κ3) is 3.58. The molecular weight excluding hydrogens is 250 g/mol. The van der Waals surface area contributed by atoms with Crippen molar-refractivity contribution in [3.05, 3.63) is 35.9 Å². The smallest absolute Gasteiger partial charge is 0.241 e. The quantitative estimate of drug-likeness (QED) is 0.805. The fourth-order valence-electron chi connectivity index (χ4n) is 2.64. The Hall–Kier alpha value is -1.39. The fraction of sp³-hybridized carbons (Fsp3) is 0.562. The predicted octanol–water partition coefficient (Wildman–Crippen LogP) is 1.85. The Morgan fingerprint density at radius 2 is 1.90 bits per heavy atom. The van der Waals surface area contributed by atoms with Gasteiger partial charge in [0.25, 0.3) is 0 Å². The molecule has 1 fully saturated rings. The van der Waals surface area contributed by atoms with Gasteiger partial charge in [0, 0.05) is 6.54 Å². The summed E-state index contributed by atoms with van der Waals surface area (Å²) in [7, 11) is 4.16. The molecule has 0 bridgehead atoms. The number of unbranched alkanes of at least 4 members (excludes halogenated alkanes) is 1. The van der Waals surface area contributed by atoms with Gasteiger partial charge in [-0.15, -0.1) is 0 Å². The first kappa shape index (κ1) is 15.0. The maximum Gasteiger partial charge on any atom is 0.241 e. The van der Waals surface area contributed by atoms with Crippen LogP contribution in [-0.2, 0) is 4.79 Å². The maximum atomic E-state index is 12.3. The van der Waals surface area contributed by atoms with E-state index in [1.807, 2.05) is 30.0 Å². The first-order chi connectivity index (χ1) is 9.59. The lowest BCUT2D eigenvalue weighted by Crippen LogP contribution is -2.32. The number of nitrogens with one attached hydrogen (secondary N) is 1. The van der Waals surface area contributed by atoms with Crippen LogP contribution in [0.15, 0.2) is 30.3 Å². The van der Waals surface area contributed by atoms with E-state index in [1.54, 1.807) is 0 Å². The topological polar surface area (TPSA) is 35.6 Å². The SMILES string of the molecule is CC1NC(c2ccccc2)N(CCCCN(C)C)C1=O. The molecule has 0 aliphatic carbocycles. The zero-order valence-corrected chi connectivity index (χ0v) is 12.7. The van der Waals surface area contributed by atoms with Crippen molar-refractivity contribution >= 4 is 5.91 Å². The molecule has 20 heavy (non-hydrogen) atoms. The van der Waals surface area contributed by atoms with Crippen molar-refractivity contribution in [3.8, 4) is 0 Å². The van der Waals surface area contributed by atoms with Gasteiger partial charge >= 0.3 is 0 Å². The molecule has 0 radical (unpaired) electrons. The van der Waals surface area contributed by atoms with E-state index < -0.39 is 0 Å². The summed E-state index contributed by atoms with van der Waals surface area (Å²) in [4.78, 5) is 16.4. The summed E-state index contributed by atoms with van der Waals surface area (Å²) < 4.78 is 0. The Labute approximate surface area is 121 Å². The highest BCUT2D eigenvalue weighted by Crippen LogP contribution is 2.25. The molecule has 0 aromatic heterocycles. The number of nitrogens with zero attached hydrogens (tertiary/aromatic N) is 2. The molecule has 0 spiro atoms. The van der Waals surface area contributed by atoms with Crippen LogP contribution in [-0.4, -0.2) is 48.9 Å². The standard InChI is InChI=1S/C16H25N3O/c1-13-16(20)19(12-8-7-11-18(2)3)15(17-13)14-9-5-4-6-10-14/h4-6,9-10,13,15,17H,7-8,11-12H2,1-3H3. The van der Waals surface area contributed by atoms with Crippen molar-refractivity contribution in [2.24, 2.45) is 0 Å². The Morgan fingerprint density at radius 3 is 2.55 bits per heavy atom. The van der Waals surface area contributed by atoms with Gasteiger partial charge in [-0.25, -0.2) is 0 Å².